The summed E-state index contributed by atoms with van der Waals surface area (Å²) in [7, 11) is 0. The summed E-state index contributed by atoms with van der Waals surface area (Å²) in [4.78, 5) is 27.5. The highest BCUT2D eigenvalue weighted by molar-refractivity contribution is 6.44. The van der Waals surface area contributed by atoms with Gasteiger partial charge in [-0.1, -0.05) is 17.7 Å². The summed E-state index contributed by atoms with van der Waals surface area (Å²) in [5.74, 6) is -1.38. The third kappa shape index (κ3) is 3.93. The van der Waals surface area contributed by atoms with Crippen LogP contribution in [0.5, 0.6) is 0 Å². The number of pyridine rings is 1. The molecule has 0 saturated carbocycles. The van der Waals surface area contributed by atoms with E-state index in [1.807, 2.05) is 6.92 Å². The summed E-state index contributed by atoms with van der Waals surface area (Å²) in [6, 6.07) is 7.96. The molecule has 0 spiro atoms. The Hall–Kier alpha value is -2.60. The fourth-order valence-corrected chi connectivity index (χ4v) is 1.76. The number of hydrogen-bond donors (Lipinski definition) is 3. The van der Waals surface area contributed by atoms with E-state index in [1.165, 1.54) is 12.1 Å². The van der Waals surface area contributed by atoms with Crippen molar-refractivity contribution in [1.29, 1.82) is 0 Å². The molecule has 2 amide bonds. The van der Waals surface area contributed by atoms with Crippen LogP contribution >= 0.6 is 11.6 Å². The number of hydrogen-bond acceptors (Lipinski definition) is 4. The van der Waals surface area contributed by atoms with Crippen LogP contribution in [0.1, 0.15) is 5.56 Å². The molecule has 2 rings (SSSR count). The first-order chi connectivity index (χ1) is 9.95. The smallest absolute Gasteiger partial charge is 0.315 e. The van der Waals surface area contributed by atoms with E-state index in [4.69, 9.17) is 17.3 Å². The van der Waals surface area contributed by atoms with Crippen molar-refractivity contribution in [3.8, 4) is 0 Å². The third-order valence-corrected chi connectivity index (χ3v) is 2.91. The Bertz CT molecular complexity index is 686. The zero-order valence-electron chi connectivity index (χ0n) is 11.2. The first kappa shape index (κ1) is 14.8. The number of benzene rings is 1. The predicted molar refractivity (Wildman–Crippen MR) is 82.1 cm³/mol. The highest BCUT2D eigenvalue weighted by atomic mass is 35.5. The lowest BCUT2D eigenvalue weighted by Crippen LogP contribution is -2.29. The first-order valence-corrected chi connectivity index (χ1v) is 6.43. The Labute approximate surface area is 126 Å². The van der Waals surface area contributed by atoms with Crippen LogP contribution in [0.25, 0.3) is 0 Å². The third-order valence-electron chi connectivity index (χ3n) is 2.60. The molecule has 0 radical (unpaired) electrons. The van der Waals surface area contributed by atoms with Gasteiger partial charge in [-0.15, -0.1) is 0 Å². The molecule has 1 heterocycles. The maximum atomic E-state index is 11.8. The van der Waals surface area contributed by atoms with Gasteiger partial charge in [-0.3, -0.25) is 9.59 Å². The summed E-state index contributed by atoms with van der Waals surface area (Å²) in [6.45, 7) is 1.87. The Morgan fingerprint density at radius 3 is 2.48 bits per heavy atom. The number of aromatic nitrogens is 1. The van der Waals surface area contributed by atoms with Crippen molar-refractivity contribution < 1.29 is 9.59 Å². The molecule has 0 aliphatic rings. The van der Waals surface area contributed by atoms with Gasteiger partial charge in [0.05, 0.1) is 10.7 Å². The Kier molecular flexibility index (Phi) is 4.39. The van der Waals surface area contributed by atoms with Crippen molar-refractivity contribution in [3.05, 3.63) is 47.1 Å². The maximum Gasteiger partial charge on any atom is 0.315 e. The van der Waals surface area contributed by atoms with E-state index in [2.05, 4.69) is 15.6 Å². The molecule has 7 heteroatoms. The fraction of sp³-hybridized carbons (Fsp3) is 0.0714. The molecule has 6 nitrogen and oxygen atoms in total. The number of carbonyl (C=O) groups is 2. The molecule has 0 atom stereocenters. The molecular weight excluding hydrogens is 292 g/mol. The molecule has 0 fully saturated rings. The summed E-state index contributed by atoms with van der Waals surface area (Å²) >= 11 is 5.92. The quantitative estimate of drug-likeness (QED) is 0.585. The van der Waals surface area contributed by atoms with Crippen LogP contribution in [0, 0.1) is 6.92 Å². The van der Waals surface area contributed by atoms with Gasteiger partial charge in [0.1, 0.15) is 5.82 Å². The summed E-state index contributed by atoms with van der Waals surface area (Å²) in [5.41, 5.74) is 7.27. The number of nitrogens with two attached hydrogens (primary N) is 1. The number of nitrogens with one attached hydrogen (secondary N) is 2. The predicted octanol–water partition coefficient (Wildman–Crippen LogP) is 2.20. The zero-order valence-corrected chi connectivity index (χ0v) is 11.9. The van der Waals surface area contributed by atoms with Crippen LogP contribution in [-0.2, 0) is 9.59 Å². The minimum Gasteiger partial charge on any atom is -0.399 e. The first-order valence-electron chi connectivity index (χ1n) is 6.06. The standard InChI is InChI=1S/C14H13ClN4O2/c1-8-2-5-12(17-7-8)19-14(21)13(20)18-11-4-3-9(16)6-10(11)15/h2-7H,16H2,1H3,(H,18,20)(H,17,19,21). The lowest BCUT2D eigenvalue weighted by molar-refractivity contribution is -0.133. The van der Waals surface area contributed by atoms with E-state index < -0.39 is 11.8 Å². The van der Waals surface area contributed by atoms with Crippen LogP contribution in [0.3, 0.4) is 0 Å². The van der Waals surface area contributed by atoms with E-state index in [0.717, 1.165) is 5.56 Å². The number of halogens is 1. The molecule has 0 saturated heterocycles. The molecule has 1 aromatic heterocycles. The van der Waals surface area contributed by atoms with Crippen LogP contribution in [0.4, 0.5) is 17.2 Å². The van der Waals surface area contributed by atoms with Crippen molar-refractivity contribution in [2.75, 3.05) is 16.4 Å². The maximum absolute atomic E-state index is 11.8. The lowest BCUT2D eigenvalue weighted by atomic mass is 10.3. The molecule has 21 heavy (non-hydrogen) atoms. The Morgan fingerprint density at radius 2 is 1.86 bits per heavy atom. The SMILES string of the molecule is Cc1ccc(NC(=O)C(=O)Nc2ccc(N)cc2Cl)nc1. The highest BCUT2D eigenvalue weighted by Crippen LogP contribution is 2.23. The van der Waals surface area contributed by atoms with Crippen molar-refractivity contribution in [2.24, 2.45) is 0 Å². The van der Waals surface area contributed by atoms with Crippen molar-refractivity contribution in [3.63, 3.8) is 0 Å². The summed E-state index contributed by atoms with van der Waals surface area (Å²) in [6.07, 6.45) is 1.59. The second kappa shape index (κ2) is 6.23. The van der Waals surface area contributed by atoms with Crippen LogP contribution in [0.2, 0.25) is 5.02 Å². The number of nitrogen functional groups attached to an aromatic ring is 1. The van der Waals surface area contributed by atoms with Crippen molar-refractivity contribution in [2.45, 2.75) is 6.92 Å². The van der Waals surface area contributed by atoms with Gasteiger partial charge in [0.15, 0.2) is 0 Å². The molecule has 0 aliphatic heterocycles. The van der Waals surface area contributed by atoms with Gasteiger partial charge in [0.2, 0.25) is 0 Å². The van der Waals surface area contributed by atoms with Gasteiger partial charge in [-0.25, -0.2) is 4.98 Å². The van der Waals surface area contributed by atoms with Gasteiger partial charge in [0, 0.05) is 11.9 Å². The minimum atomic E-state index is -0.843. The van der Waals surface area contributed by atoms with E-state index in [1.54, 1.807) is 24.4 Å². The van der Waals surface area contributed by atoms with Crippen molar-refractivity contribution >= 4 is 40.6 Å². The molecule has 0 unspecified atom stereocenters. The normalized spacial score (nSPS) is 10.0. The molecule has 0 bridgehead atoms. The monoisotopic (exact) mass is 304 g/mol. The van der Waals surface area contributed by atoms with E-state index in [-0.39, 0.29) is 5.02 Å². The topological polar surface area (TPSA) is 97.1 Å². The minimum absolute atomic E-state index is 0.254. The number of carbonyl (C=O) groups excluding carboxylic acids is 2. The largest absolute Gasteiger partial charge is 0.399 e. The van der Waals surface area contributed by atoms with Crippen LogP contribution in [0.15, 0.2) is 36.5 Å². The Balaban J connectivity index is 2.02. The second-order valence-electron chi connectivity index (χ2n) is 4.37. The average Bonchev–Trinajstić information content (AvgIpc) is 2.44. The number of aryl methyl sites for hydroxylation is 1. The van der Waals surface area contributed by atoms with Gasteiger partial charge in [0.25, 0.3) is 0 Å². The lowest BCUT2D eigenvalue weighted by Gasteiger charge is -2.08. The number of nitrogens with zero attached hydrogens (tertiary/aromatic N) is 1. The number of amides is 2. The number of anilines is 3. The molecule has 2 aromatic rings. The summed E-state index contributed by atoms with van der Waals surface area (Å²) < 4.78 is 0. The van der Waals surface area contributed by atoms with E-state index in [0.29, 0.717) is 17.2 Å². The second-order valence-corrected chi connectivity index (χ2v) is 4.78. The Morgan fingerprint density at radius 1 is 1.14 bits per heavy atom. The average molecular weight is 305 g/mol. The van der Waals surface area contributed by atoms with Crippen LogP contribution in [-0.4, -0.2) is 16.8 Å². The van der Waals surface area contributed by atoms with Crippen LogP contribution < -0.4 is 16.4 Å². The highest BCUT2D eigenvalue weighted by Gasteiger charge is 2.15. The van der Waals surface area contributed by atoms with Crippen molar-refractivity contribution in [1.82, 2.24) is 4.98 Å². The van der Waals surface area contributed by atoms with E-state index >= 15 is 0 Å². The van der Waals surface area contributed by atoms with Gasteiger partial charge >= 0.3 is 11.8 Å². The zero-order chi connectivity index (χ0) is 15.4. The molecule has 108 valence electrons. The molecular formula is C14H13ClN4O2. The summed E-state index contributed by atoms with van der Waals surface area (Å²) in [5, 5.41) is 5.05. The molecule has 4 N–H and O–H groups in total. The van der Waals surface area contributed by atoms with Gasteiger partial charge in [-0.2, -0.15) is 0 Å². The van der Waals surface area contributed by atoms with Gasteiger partial charge < -0.3 is 16.4 Å². The molecule has 0 aliphatic carbocycles. The van der Waals surface area contributed by atoms with E-state index in [9.17, 15) is 9.59 Å². The fourth-order valence-electron chi connectivity index (χ4n) is 1.53. The number of rotatable bonds is 2. The van der Waals surface area contributed by atoms with Gasteiger partial charge in [-0.05, 0) is 36.8 Å². The molecule has 1 aromatic carbocycles.